The SMILES string of the molecule is C=CCN1C(=O)/C(=C/c2ccc(OC)c(OC)c2)S/C1=N/S(=O)(=O)c1ccc(Cl)s1. The quantitative estimate of drug-likeness (QED) is 0.431. The highest BCUT2D eigenvalue weighted by atomic mass is 35.5. The van der Waals surface area contributed by atoms with Crippen LogP contribution in [0.5, 0.6) is 11.5 Å². The maximum atomic E-state index is 12.9. The molecule has 0 aliphatic carbocycles. The van der Waals surface area contributed by atoms with Crippen LogP contribution in [0.15, 0.2) is 56.5 Å². The molecule has 0 N–H and O–H groups in total. The van der Waals surface area contributed by atoms with E-state index in [0.29, 0.717) is 26.3 Å². The number of nitrogens with zero attached hydrogens (tertiary/aromatic N) is 2. The van der Waals surface area contributed by atoms with Gasteiger partial charge < -0.3 is 9.47 Å². The standard InChI is InChI=1S/C19H17ClN2O5S3/c1-4-9-22-18(23)15(11-12-5-6-13(26-2)14(10-12)27-3)28-19(22)21-30(24,25)17-8-7-16(20)29-17/h4-8,10-11H,1,9H2,2-3H3/b15-11-,21-19+. The van der Waals surface area contributed by atoms with Crippen LogP contribution in [-0.4, -0.2) is 45.2 Å². The number of carbonyl (C=O) groups is 1. The minimum absolute atomic E-state index is 0.00363. The Morgan fingerprint density at radius 3 is 2.53 bits per heavy atom. The second kappa shape index (κ2) is 9.25. The van der Waals surface area contributed by atoms with Gasteiger partial charge in [-0.25, -0.2) is 0 Å². The first-order valence-electron chi connectivity index (χ1n) is 8.43. The lowest BCUT2D eigenvalue weighted by Crippen LogP contribution is -2.29. The Balaban J connectivity index is 1.99. The number of thioether (sulfide) groups is 1. The summed E-state index contributed by atoms with van der Waals surface area (Å²) in [6.07, 6.45) is 3.14. The predicted molar refractivity (Wildman–Crippen MR) is 121 cm³/mol. The molecular weight excluding hydrogens is 468 g/mol. The van der Waals surface area contributed by atoms with Crippen molar-refractivity contribution in [2.75, 3.05) is 20.8 Å². The van der Waals surface area contributed by atoms with Gasteiger partial charge in [-0.05, 0) is 47.7 Å². The van der Waals surface area contributed by atoms with Crippen molar-refractivity contribution in [1.29, 1.82) is 0 Å². The molecule has 1 aliphatic heterocycles. The lowest BCUT2D eigenvalue weighted by molar-refractivity contribution is -0.121. The van der Waals surface area contributed by atoms with Gasteiger partial charge in [-0.15, -0.1) is 22.3 Å². The van der Waals surface area contributed by atoms with Crippen LogP contribution in [0.3, 0.4) is 0 Å². The van der Waals surface area contributed by atoms with Gasteiger partial charge in [-0.1, -0.05) is 23.7 Å². The fraction of sp³-hybridized carbons (Fsp3) is 0.158. The number of sulfonamides is 1. The molecular formula is C19H17ClN2O5S3. The number of hydrogen-bond donors (Lipinski definition) is 0. The number of methoxy groups -OCH3 is 2. The van der Waals surface area contributed by atoms with Crippen molar-refractivity contribution in [3.63, 3.8) is 0 Å². The lowest BCUT2D eigenvalue weighted by atomic mass is 10.2. The van der Waals surface area contributed by atoms with Gasteiger partial charge in [0.2, 0.25) is 0 Å². The second-order valence-electron chi connectivity index (χ2n) is 5.84. The van der Waals surface area contributed by atoms with Crippen LogP contribution in [0.25, 0.3) is 6.08 Å². The monoisotopic (exact) mass is 484 g/mol. The third-order valence-electron chi connectivity index (χ3n) is 3.91. The molecule has 0 spiro atoms. The Labute approximate surface area is 187 Å². The number of hydrogen-bond acceptors (Lipinski definition) is 7. The second-order valence-corrected chi connectivity index (χ2v) is 10.4. The maximum Gasteiger partial charge on any atom is 0.294 e. The van der Waals surface area contributed by atoms with E-state index in [0.717, 1.165) is 23.1 Å². The molecule has 1 amide bonds. The molecule has 11 heteroatoms. The summed E-state index contributed by atoms with van der Waals surface area (Å²) in [6.45, 7) is 3.75. The van der Waals surface area contributed by atoms with E-state index in [2.05, 4.69) is 11.0 Å². The molecule has 0 unspecified atom stereocenters. The molecule has 0 saturated carbocycles. The first-order chi connectivity index (χ1) is 14.3. The van der Waals surface area contributed by atoms with Crippen LogP contribution in [0.2, 0.25) is 4.34 Å². The molecule has 0 radical (unpaired) electrons. The van der Waals surface area contributed by atoms with Gasteiger partial charge in [-0.2, -0.15) is 8.42 Å². The summed E-state index contributed by atoms with van der Waals surface area (Å²) in [6, 6.07) is 8.07. The van der Waals surface area contributed by atoms with E-state index in [-0.39, 0.29) is 21.8 Å². The van der Waals surface area contributed by atoms with Crippen LogP contribution in [-0.2, 0) is 14.8 Å². The first kappa shape index (κ1) is 22.4. The van der Waals surface area contributed by atoms with Crippen molar-refractivity contribution in [3.05, 3.63) is 57.8 Å². The smallest absolute Gasteiger partial charge is 0.294 e. The predicted octanol–water partition coefficient (Wildman–Crippen LogP) is 4.27. The zero-order valence-corrected chi connectivity index (χ0v) is 19.2. The van der Waals surface area contributed by atoms with Crippen molar-refractivity contribution < 1.29 is 22.7 Å². The van der Waals surface area contributed by atoms with E-state index in [4.69, 9.17) is 21.1 Å². The minimum Gasteiger partial charge on any atom is -0.493 e. The molecule has 1 aromatic heterocycles. The number of carbonyl (C=O) groups excluding carboxylic acids is 1. The van der Waals surface area contributed by atoms with Crippen LogP contribution in [0, 0.1) is 0 Å². The molecule has 30 heavy (non-hydrogen) atoms. The molecule has 1 aromatic carbocycles. The summed E-state index contributed by atoms with van der Waals surface area (Å²) >= 11 is 7.71. The largest absolute Gasteiger partial charge is 0.493 e. The number of benzene rings is 1. The van der Waals surface area contributed by atoms with Crippen LogP contribution in [0.1, 0.15) is 5.56 Å². The number of ether oxygens (including phenoxy) is 2. The lowest BCUT2D eigenvalue weighted by Gasteiger charge is -2.12. The van der Waals surface area contributed by atoms with Gasteiger partial charge >= 0.3 is 0 Å². The Morgan fingerprint density at radius 1 is 1.20 bits per heavy atom. The molecule has 7 nitrogen and oxygen atoms in total. The molecule has 0 bridgehead atoms. The fourth-order valence-corrected chi connectivity index (χ4v) is 6.20. The van der Waals surface area contributed by atoms with Gasteiger partial charge in [0.25, 0.3) is 15.9 Å². The van der Waals surface area contributed by atoms with Gasteiger partial charge in [0, 0.05) is 6.54 Å². The Bertz CT molecular complexity index is 1150. The Hall–Kier alpha value is -2.27. The first-order valence-corrected chi connectivity index (χ1v) is 11.9. The fourth-order valence-electron chi connectivity index (χ4n) is 2.54. The van der Waals surface area contributed by atoms with E-state index >= 15 is 0 Å². The van der Waals surface area contributed by atoms with E-state index < -0.39 is 10.0 Å². The molecule has 3 rings (SSSR count). The Morgan fingerprint density at radius 2 is 1.93 bits per heavy atom. The van der Waals surface area contributed by atoms with E-state index in [9.17, 15) is 13.2 Å². The average molecular weight is 485 g/mol. The average Bonchev–Trinajstić information content (AvgIpc) is 3.27. The molecule has 2 heterocycles. The van der Waals surface area contributed by atoms with Crippen LogP contribution >= 0.6 is 34.7 Å². The summed E-state index contributed by atoms with van der Waals surface area (Å²) in [5, 5.41) is 0.0520. The van der Waals surface area contributed by atoms with E-state index in [1.807, 2.05) is 0 Å². The van der Waals surface area contributed by atoms with Gasteiger partial charge in [-0.3, -0.25) is 9.69 Å². The maximum absolute atomic E-state index is 12.9. The summed E-state index contributed by atoms with van der Waals surface area (Å²) in [4.78, 5) is 14.4. The highest BCUT2D eigenvalue weighted by molar-refractivity contribution is 8.19. The van der Waals surface area contributed by atoms with Crippen molar-refractivity contribution >= 4 is 61.9 Å². The number of rotatable bonds is 7. The molecule has 1 saturated heterocycles. The molecule has 1 fully saturated rings. The van der Waals surface area contributed by atoms with Crippen LogP contribution in [0.4, 0.5) is 0 Å². The molecule has 1 aliphatic rings. The van der Waals surface area contributed by atoms with E-state index in [1.165, 1.54) is 37.3 Å². The highest BCUT2D eigenvalue weighted by Gasteiger charge is 2.34. The van der Waals surface area contributed by atoms with Crippen molar-refractivity contribution in [1.82, 2.24) is 4.90 Å². The highest BCUT2D eigenvalue weighted by Crippen LogP contribution is 2.36. The summed E-state index contributed by atoms with van der Waals surface area (Å²) < 4.78 is 39.9. The number of amidine groups is 1. The van der Waals surface area contributed by atoms with Gasteiger partial charge in [0.05, 0.1) is 23.5 Å². The van der Waals surface area contributed by atoms with Gasteiger partial charge in [0.15, 0.2) is 16.7 Å². The van der Waals surface area contributed by atoms with E-state index in [1.54, 1.807) is 24.3 Å². The normalized spacial score (nSPS) is 17.0. The third kappa shape index (κ3) is 4.72. The van der Waals surface area contributed by atoms with Gasteiger partial charge in [0.1, 0.15) is 4.21 Å². The summed E-state index contributed by atoms with van der Waals surface area (Å²) in [5.41, 5.74) is 0.691. The van der Waals surface area contributed by atoms with Crippen LogP contribution < -0.4 is 9.47 Å². The zero-order valence-electron chi connectivity index (χ0n) is 16.0. The number of thiophene rings is 1. The van der Waals surface area contributed by atoms with Crippen molar-refractivity contribution in [2.24, 2.45) is 4.40 Å². The minimum atomic E-state index is -4.00. The van der Waals surface area contributed by atoms with Crippen molar-refractivity contribution in [3.8, 4) is 11.5 Å². The topological polar surface area (TPSA) is 85.3 Å². The number of amides is 1. The molecule has 158 valence electrons. The summed E-state index contributed by atoms with van der Waals surface area (Å²) in [7, 11) is -0.957. The zero-order chi connectivity index (χ0) is 21.9. The molecule has 0 atom stereocenters. The molecule has 2 aromatic rings. The third-order valence-corrected chi connectivity index (χ3v) is 7.99. The summed E-state index contributed by atoms with van der Waals surface area (Å²) in [5.74, 6) is 0.699. The Kier molecular flexibility index (Phi) is 6.91. The van der Waals surface area contributed by atoms with Crippen molar-refractivity contribution in [2.45, 2.75) is 4.21 Å². The number of halogens is 1.